The molecule has 3 fully saturated rings. The van der Waals surface area contributed by atoms with Gasteiger partial charge in [-0.05, 0) is 85.3 Å². The molecule has 9 nitrogen and oxygen atoms in total. The smallest absolute Gasteiger partial charge is 0.416 e. The number of aryl methyl sites for hydroxylation is 2. The summed E-state index contributed by atoms with van der Waals surface area (Å²) in [6, 6.07) is 18.1. The molecule has 2 saturated heterocycles. The molecule has 4 aromatic carbocycles. The van der Waals surface area contributed by atoms with E-state index in [-0.39, 0.29) is 36.0 Å². The molecular weight excluding hydrogens is 870 g/mol. The second kappa shape index (κ2) is 13.7. The number of carbonyl (C=O) groups excluding carboxylic acids is 4. The predicted molar refractivity (Wildman–Crippen MR) is 223 cm³/mol. The number of thiophene rings is 1. The molecule has 63 heavy (non-hydrogen) atoms. The summed E-state index contributed by atoms with van der Waals surface area (Å²) >= 11 is 7.76. The van der Waals surface area contributed by atoms with Gasteiger partial charge < -0.3 is 5.11 Å². The van der Waals surface area contributed by atoms with E-state index in [4.69, 9.17) is 16.7 Å². The molecule has 6 aromatic rings. The van der Waals surface area contributed by atoms with Crippen molar-refractivity contribution in [1.29, 1.82) is 0 Å². The molecule has 6 atom stereocenters. The average molecular weight is 903 g/mol. The van der Waals surface area contributed by atoms with Gasteiger partial charge in [-0.15, -0.1) is 11.3 Å². The summed E-state index contributed by atoms with van der Waals surface area (Å²) < 4.78 is 86.3. The van der Waals surface area contributed by atoms with Crippen LogP contribution in [0.4, 0.5) is 37.8 Å². The molecule has 1 saturated carbocycles. The number of allylic oxidation sites excluding steroid dienone is 2. The Balaban J connectivity index is 1.10. The summed E-state index contributed by atoms with van der Waals surface area (Å²) in [7, 11) is 1.60. The number of imide groups is 2. The zero-order valence-electron chi connectivity index (χ0n) is 33.3. The first-order chi connectivity index (χ1) is 29.7. The standard InChI is InChI=1S/C46H33ClF6N4O5S/c1-20-30-17-24(47)9-13-34(30)63-39(20)33-19-35(55(3)54-33)57-41(60)32-18-31-27(37(44(32,2)43(57)62)29-10-8-21-6-4-5-7-26(21)38(29)58)11-12-28-36(31)42(61)56(40(28)59)25-15-22(45(48,49)50)14-23(16-25)46(51,52)53/h4-11,13-17,19,28,31-32,36-37,58H,12,18H2,1-3H3/t28-,31+,32-,36-,37+,44+/m0/s1. The number of phenolic OH excluding ortho intramolecular Hbond substituents is 1. The van der Waals surface area contributed by atoms with Gasteiger partial charge in [0, 0.05) is 39.7 Å². The summed E-state index contributed by atoms with van der Waals surface area (Å²) in [4.78, 5) is 61.3. The number of anilines is 2. The molecule has 1 N–H and O–H groups in total. The molecule has 2 aromatic heterocycles. The van der Waals surface area contributed by atoms with E-state index in [1.165, 1.54) is 16.0 Å². The molecule has 2 aliphatic heterocycles. The molecule has 0 radical (unpaired) electrons. The highest BCUT2D eigenvalue weighted by Crippen LogP contribution is 2.65. The number of halogens is 7. The number of aromatic nitrogens is 2. The Morgan fingerprint density at radius 3 is 2.22 bits per heavy atom. The lowest BCUT2D eigenvalue weighted by Crippen LogP contribution is -2.49. The van der Waals surface area contributed by atoms with Crippen molar-refractivity contribution in [3.63, 3.8) is 0 Å². The molecule has 0 unspecified atom stereocenters. The van der Waals surface area contributed by atoms with Crippen LogP contribution >= 0.6 is 22.9 Å². The van der Waals surface area contributed by atoms with Gasteiger partial charge in [-0.2, -0.15) is 31.4 Å². The number of hydrogen-bond acceptors (Lipinski definition) is 7. The van der Waals surface area contributed by atoms with E-state index in [1.54, 1.807) is 68.6 Å². The molecule has 10 rings (SSSR count). The van der Waals surface area contributed by atoms with E-state index in [2.05, 4.69) is 0 Å². The van der Waals surface area contributed by atoms with E-state index in [1.807, 2.05) is 19.1 Å². The Bertz CT molecular complexity index is 3030. The van der Waals surface area contributed by atoms with Crippen molar-refractivity contribution >= 4 is 78.9 Å². The number of aromatic hydroxyl groups is 1. The Kier molecular flexibility index (Phi) is 8.96. The van der Waals surface area contributed by atoms with Gasteiger partial charge in [0.15, 0.2) is 0 Å². The third-order valence-electron chi connectivity index (χ3n) is 13.6. The summed E-state index contributed by atoms with van der Waals surface area (Å²) in [5.74, 6) is -9.02. The lowest BCUT2D eigenvalue weighted by atomic mass is 9.51. The fourth-order valence-electron chi connectivity index (χ4n) is 10.6. The normalized spacial score (nSPS) is 25.0. The van der Waals surface area contributed by atoms with Gasteiger partial charge in [0.25, 0.3) is 0 Å². The number of amides is 4. The van der Waals surface area contributed by atoms with E-state index < -0.39 is 87.8 Å². The van der Waals surface area contributed by atoms with Crippen molar-refractivity contribution in [1.82, 2.24) is 9.78 Å². The van der Waals surface area contributed by atoms with E-state index in [0.717, 1.165) is 25.4 Å². The minimum absolute atomic E-state index is 0.0802. The fraction of sp³-hybridized carbons (Fsp3) is 0.283. The van der Waals surface area contributed by atoms with Crippen molar-refractivity contribution in [3.8, 4) is 16.3 Å². The Morgan fingerprint density at radius 1 is 0.825 bits per heavy atom. The second-order valence-electron chi connectivity index (χ2n) is 16.9. The molecule has 17 heteroatoms. The molecule has 0 spiro atoms. The maximum absolute atomic E-state index is 15.3. The van der Waals surface area contributed by atoms with Gasteiger partial charge in [-0.25, -0.2) is 9.80 Å². The lowest BCUT2D eigenvalue weighted by molar-refractivity contribution is -0.143. The van der Waals surface area contributed by atoms with Gasteiger partial charge in [0.1, 0.15) is 17.3 Å². The van der Waals surface area contributed by atoms with Crippen LogP contribution in [0.15, 0.2) is 90.5 Å². The van der Waals surface area contributed by atoms with Crippen LogP contribution in [-0.4, -0.2) is 38.5 Å². The lowest BCUT2D eigenvalue weighted by Gasteiger charge is -2.49. The minimum Gasteiger partial charge on any atom is -0.507 e. The van der Waals surface area contributed by atoms with Gasteiger partial charge in [0.2, 0.25) is 23.6 Å². The number of phenols is 1. The quantitative estimate of drug-likeness (QED) is 0.107. The van der Waals surface area contributed by atoms with Crippen LogP contribution in [0.2, 0.25) is 5.02 Å². The molecule has 4 heterocycles. The van der Waals surface area contributed by atoms with Crippen molar-refractivity contribution in [3.05, 3.63) is 118 Å². The van der Waals surface area contributed by atoms with Gasteiger partial charge in [-0.1, -0.05) is 59.6 Å². The van der Waals surface area contributed by atoms with Crippen LogP contribution in [0.5, 0.6) is 5.75 Å². The van der Waals surface area contributed by atoms with Gasteiger partial charge >= 0.3 is 12.4 Å². The summed E-state index contributed by atoms with van der Waals surface area (Å²) in [5, 5.41) is 19.3. The number of alkyl halides is 6. The number of carbonyl (C=O) groups is 4. The molecule has 0 bridgehead atoms. The van der Waals surface area contributed by atoms with E-state index >= 15 is 9.59 Å². The monoisotopic (exact) mass is 902 g/mol. The van der Waals surface area contributed by atoms with Crippen molar-refractivity contribution in [2.75, 3.05) is 9.80 Å². The fourth-order valence-corrected chi connectivity index (χ4v) is 11.9. The van der Waals surface area contributed by atoms with Crippen LogP contribution in [0.25, 0.3) is 31.4 Å². The second-order valence-corrected chi connectivity index (χ2v) is 18.4. The third kappa shape index (κ3) is 5.93. The summed E-state index contributed by atoms with van der Waals surface area (Å²) in [6.45, 7) is 3.55. The Labute approximate surface area is 363 Å². The number of rotatable bonds is 4. The number of benzene rings is 4. The Hall–Kier alpha value is -6.00. The topological polar surface area (TPSA) is 113 Å². The number of hydrogen-bond donors (Lipinski definition) is 1. The highest BCUT2D eigenvalue weighted by molar-refractivity contribution is 7.22. The molecule has 2 aliphatic carbocycles. The predicted octanol–water partition coefficient (Wildman–Crippen LogP) is 10.6. The molecule has 322 valence electrons. The highest BCUT2D eigenvalue weighted by Gasteiger charge is 2.68. The number of nitrogens with zero attached hydrogens (tertiary/aromatic N) is 4. The van der Waals surface area contributed by atoms with Crippen LogP contribution in [0, 0.1) is 36.0 Å². The van der Waals surface area contributed by atoms with Crippen LogP contribution in [0.1, 0.15) is 47.9 Å². The highest BCUT2D eigenvalue weighted by atomic mass is 35.5. The molecular formula is C46H33ClF6N4O5S. The van der Waals surface area contributed by atoms with Crippen molar-refractivity contribution in [2.45, 2.75) is 45.0 Å². The van der Waals surface area contributed by atoms with Crippen LogP contribution in [0.3, 0.4) is 0 Å². The zero-order valence-corrected chi connectivity index (χ0v) is 34.9. The summed E-state index contributed by atoms with van der Waals surface area (Å²) in [6.07, 6.45) is -9.13. The average Bonchev–Trinajstić information content (AvgIpc) is 3.90. The van der Waals surface area contributed by atoms with Gasteiger partial charge in [0.05, 0.1) is 44.9 Å². The van der Waals surface area contributed by atoms with Crippen LogP contribution in [-0.2, 0) is 38.6 Å². The molecule has 4 aliphatic rings. The maximum atomic E-state index is 15.3. The largest absolute Gasteiger partial charge is 0.507 e. The van der Waals surface area contributed by atoms with E-state index in [9.17, 15) is 41.0 Å². The van der Waals surface area contributed by atoms with Gasteiger partial charge in [-0.3, -0.25) is 23.9 Å². The first-order valence-electron chi connectivity index (χ1n) is 19.9. The first-order valence-corrected chi connectivity index (χ1v) is 21.1. The van der Waals surface area contributed by atoms with E-state index in [0.29, 0.717) is 44.1 Å². The first kappa shape index (κ1) is 41.0. The SMILES string of the molecule is Cc1c(-c2cc(N3C(=O)[C@@H]4C[C@@H]5C(=CC[C@@H]6C(=O)N(c7cc(C(F)(F)F)cc(C(F)(F)F)c7)C(=O)[C@@H]65)[C@H](c5ccc6ccccc6c5O)[C@]4(C)C3=O)n(C)n2)sc2ccc(Cl)cc12. The molecule has 4 amide bonds. The summed E-state index contributed by atoms with van der Waals surface area (Å²) in [5.41, 5.74) is -3.76. The zero-order chi connectivity index (χ0) is 44.8. The van der Waals surface area contributed by atoms with Crippen LogP contribution < -0.4 is 9.80 Å². The minimum atomic E-state index is -5.24. The Morgan fingerprint density at radius 2 is 1.52 bits per heavy atom. The number of fused-ring (bicyclic) bond motifs is 6. The maximum Gasteiger partial charge on any atom is 0.416 e. The van der Waals surface area contributed by atoms with Crippen molar-refractivity contribution < 1.29 is 50.6 Å². The van der Waals surface area contributed by atoms with Crippen molar-refractivity contribution in [2.24, 2.45) is 36.1 Å². The third-order valence-corrected chi connectivity index (χ3v) is 15.1.